The first kappa shape index (κ1) is 8.01. The summed E-state index contributed by atoms with van der Waals surface area (Å²) in [5.41, 5.74) is 0. The molecule has 0 aliphatic heterocycles. The van der Waals surface area contributed by atoms with Gasteiger partial charge in [-0.15, -0.1) is 0 Å². The third-order valence-corrected chi connectivity index (χ3v) is 0.725. The molecule has 0 aromatic carbocycles. The Morgan fingerprint density at radius 2 is 2.44 bits per heavy atom. The van der Waals surface area contributed by atoms with Crippen LogP contribution in [-0.2, 0) is 4.79 Å². The molecule has 0 aromatic heterocycles. The Morgan fingerprint density at radius 3 is 2.89 bits per heavy atom. The molecule has 9 heavy (non-hydrogen) atoms. The van der Waals surface area contributed by atoms with Crippen LogP contribution in [0.4, 0.5) is 0 Å². The fourth-order valence-corrected chi connectivity index (χ4v) is 0.347. The van der Waals surface area contributed by atoms with Gasteiger partial charge in [-0.1, -0.05) is 13.0 Å². The molecule has 0 aliphatic rings. The fourth-order valence-electron chi connectivity index (χ4n) is 0.347. The smallest absolute Gasteiger partial charge is 0.322 e. The van der Waals surface area contributed by atoms with Gasteiger partial charge in [-0.2, -0.15) is 0 Å². The summed E-state index contributed by atoms with van der Waals surface area (Å²) in [6, 6.07) is 0. The minimum atomic E-state index is -0.837. The molecule has 0 spiro atoms. The van der Waals surface area contributed by atoms with Gasteiger partial charge in [-0.25, -0.2) is 0 Å². The van der Waals surface area contributed by atoms with Gasteiger partial charge in [-0.05, 0) is 12.6 Å². The van der Waals surface area contributed by atoms with E-state index >= 15 is 0 Å². The zero-order chi connectivity index (χ0) is 7.11. The van der Waals surface area contributed by atoms with Gasteiger partial charge < -0.3 is 10.4 Å². The van der Waals surface area contributed by atoms with Crippen molar-refractivity contribution in [3.63, 3.8) is 0 Å². The second-order valence-electron chi connectivity index (χ2n) is 1.59. The number of rotatable bonds is 4. The van der Waals surface area contributed by atoms with Crippen LogP contribution < -0.4 is 5.32 Å². The minimum Gasteiger partial charge on any atom is -0.480 e. The van der Waals surface area contributed by atoms with Gasteiger partial charge >= 0.3 is 5.97 Å². The number of carboxylic acids is 1. The Labute approximate surface area is 54.4 Å². The Kier molecular flexibility index (Phi) is 4.59. The minimum absolute atomic E-state index is 0.00347. The van der Waals surface area contributed by atoms with Crippen molar-refractivity contribution >= 4 is 5.97 Å². The Morgan fingerprint density at radius 1 is 1.78 bits per heavy atom. The van der Waals surface area contributed by atoms with Crippen molar-refractivity contribution in [1.29, 1.82) is 0 Å². The summed E-state index contributed by atoms with van der Waals surface area (Å²) in [6.07, 6.45) is 4.43. The zero-order valence-electron chi connectivity index (χ0n) is 5.42. The van der Waals surface area contributed by atoms with Gasteiger partial charge in [0.25, 0.3) is 0 Å². The average molecular weight is 129 g/mol. The van der Waals surface area contributed by atoms with Gasteiger partial charge in [0.05, 0.1) is 0 Å². The van der Waals surface area contributed by atoms with Gasteiger partial charge in [0.15, 0.2) is 0 Å². The quantitative estimate of drug-likeness (QED) is 0.584. The molecule has 0 rings (SSSR count). The third kappa shape index (κ3) is 7.01. The van der Waals surface area contributed by atoms with E-state index in [-0.39, 0.29) is 6.54 Å². The first-order valence-corrected chi connectivity index (χ1v) is 2.87. The van der Waals surface area contributed by atoms with Crippen molar-refractivity contribution < 1.29 is 9.90 Å². The van der Waals surface area contributed by atoms with Crippen LogP contribution in [0.3, 0.4) is 0 Å². The summed E-state index contributed by atoms with van der Waals surface area (Å²) < 4.78 is 0. The summed E-state index contributed by atoms with van der Waals surface area (Å²) >= 11 is 0. The Hall–Kier alpha value is -0.990. The van der Waals surface area contributed by atoms with E-state index < -0.39 is 5.97 Å². The maximum Gasteiger partial charge on any atom is 0.322 e. The lowest BCUT2D eigenvalue weighted by Gasteiger charge is -1.91. The number of nitrogens with one attached hydrogen (secondary N) is 1. The predicted octanol–water partition coefficient (Wildman–Crippen LogP) is 0.584. The molecule has 0 radical (unpaired) electrons. The molecule has 3 heteroatoms. The van der Waals surface area contributed by atoms with Gasteiger partial charge in [0.2, 0.25) is 0 Å². The van der Waals surface area contributed by atoms with Crippen LogP contribution in [0.1, 0.15) is 13.3 Å². The molecule has 0 fully saturated rings. The second-order valence-corrected chi connectivity index (χ2v) is 1.59. The molecular formula is C6H11NO2. The molecule has 0 aromatic rings. The van der Waals surface area contributed by atoms with Crippen LogP contribution in [-0.4, -0.2) is 17.6 Å². The summed E-state index contributed by atoms with van der Waals surface area (Å²) in [7, 11) is 0. The summed E-state index contributed by atoms with van der Waals surface area (Å²) in [6.45, 7) is 1.98. The van der Waals surface area contributed by atoms with Crippen molar-refractivity contribution in [2.45, 2.75) is 13.3 Å². The normalized spacial score (nSPS) is 9.89. The lowest BCUT2D eigenvalue weighted by atomic mass is 10.5. The highest BCUT2D eigenvalue weighted by molar-refractivity contribution is 5.69. The van der Waals surface area contributed by atoms with Crippen molar-refractivity contribution in [1.82, 2.24) is 5.32 Å². The van der Waals surface area contributed by atoms with Crippen LogP contribution >= 0.6 is 0 Å². The molecular weight excluding hydrogens is 118 g/mol. The van der Waals surface area contributed by atoms with E-state index in [9.17, 15) is 4.79 Å². The predicted molar refractivity (Wildman–Crippen MR) is 35.1 cm³/mol. The fraction of sp³-hybridized carbons (Fsp3) is 0.500. The van der Waals surface area contributed by atoms with Crippen LogP contribution in [0.2, 0.25) is 0 Å². The van der Waals surface area contributed by atoms with Crippen LogP contribution in [0, 0.1) is 0 Å². The highest BCUT2D eigenvalue weighted by Gasteiger charge is 1.88. The lowest BCUT2D eigenvalue weighted by molar-refractivity contribution is -0.135. The number of allylic oxidation sites excluding steroid dienone is 1. The topological polar surface area (TPSA) is 49.3 Å². The van der Waals surface area contributed by atoms with Crippen LogP contribution in [0.15, 0.2) is 12.3 Å². The molecule has 0 saturated carbocycles. The molecule has 0 heterocycles. The summed E-state index contributed by atoms with van der Waals surface area (Å²) in [4.78, 5) is 9.87. The highest BCUT2D eigenvalue weighted by atomic mass is 16.4. The monoisotopic (exact) mass is 129 g/mol. The maximum atomic E-state index is 9.87. The van der Waals surface area contributed by atoms with Gasteiger partial charge in [-0.3, -0.25) is 4.79 Å². The molecule has 0 bridgehead atoms. The largest absolute Gasteiger partial charge is 0.480 e. The SMILES string of the molecule is CC/C=C/NCC(=O)O. The van der Waals surface area contributed by atoms with Crippen LogP contribution in [0.5, 0.6) is 0 Å². The van der Waals surface area contributed by atoms with E-state index in [2.05, 4.69) is 5.32 Å². The lowest BCUT2D eigenvalue weighted by Crippen LogP contribution is -2.16. The van der Waals surface area contributed by atoms with E-state index in [1.807, 2.05) is 13.0 Å². The van der Waals surface area contributed by atoms with Crippen LogP contribution in [0.25, 0.3) is 0 Å². The molecule has 0 saturated heterocycles. The number of carbonyl (C=O) groups is 1. The average Bonchev–Trinajstić information content (AvgIpc) is 1.80. The third-order valence-electron chi connectivity index (χ3n) is 0.725. The van der Waals surface area contributed by atoms with E-state index in [1.165, 1.54) is 0 Å². The summed E-state index contributed by atoms with van der Waals surface area (Å²) in [5, 5.41) is 10.7. The van der Waals surface area contributed by atoms with Gasteiger partial charge in [0.1, 0.15) is 6.54 Å². The Balaban J connectivity index is 3.09. The Bertz CT molecular complexity index is 110. The molecule has 0 aliphatic carbocycles. The van der Waals surface area contributed by atoms with Gasteiger partial charge in [0, 0.05) is 0 Å². The first-order valence-electron chi connectivity index (χ1n) is 2.87. The molecule has 3 nitrogen and oxygen atoms in total. The van der Waals surface area contributed by atoms with E-state index in [4.69, 9.17) is 5.11 Å². The van der Waals surface area contributed by atoms with E-state index in [1.54, 1.807) is 6.20 Å². The summed E-state index contributed by atoms with van der Waals surface area (Å²) in [5.74, 6) is -0.837. The van der Waals surface area contributed by atoms with E-state index in [0.29, 0.717) is 0 Å². The zero-order valence-corrected chi connectivity index (χ0v) is 5.42. The maximum absolute atomic E-state index is 9.87. The molecule has 0 atom stereocenters. The number of carboxylic acid groups (broad SMARTS) is 1. The molecule has 2 N–H and O–H groups in total. The highest BCUT2D eigenvalue weighted by Crippen LogP contribution is 1.74. The molecule has 52 valence electrons. The van der Waals surface area contributed by atoms with Crippen molar-refractivity contribution in [3.8, 4) is 0 Å². The van der Waals surface area contributed by atoms with E-state index in [0.717, 1.165) is 6.42 Å². The second kappa shape index (κ2) is 5.15. The van der Waals surface area contributed by atoms with Crippen molar-refractivity contribution in [3.05, 3.63) is 12.3 Å². The number of hydrogen-bond acceptors (Lipinski definition) is 2. The molecule has 0 unspecified atom stereocenters. The van der Waals surface area contributed by atoms with Crippen molar-refractivity contribution in [2.75, 3.05) is 6.54 Å². The first-order chi connectivity index (χ1) is 4.27. The molecule has 0 amide bonds. The standard InChI is InChI=1S/C6H11NO2/c1-2-3-4-7-5-6(8)9/h3-4,7H,2,5H2,1H3,(H,8,9)/b4-3+. The number of aliphatic carboxylic acids is 1. The van der Waals surface area contributed by atoms with Crippen molar-refractivity contribution in [2.24, 2.45) is 0 Å². The number of hydrogen-bond donors (Lipinski definition) is 2.